The van der Waals surface area contributed by atoms with Gasteiger partial charge in [-0.25, -0.2) is 16.8 Å². The van der Waals surface area contributed by atoms with E-state index in [9.17, 15) is 34.8 Å². The third-order valence-electron chi connectivity index (χ3n) is 9.87. The first-order chi connectivity index (χ1) is 29.8. The second-order valence-corrected chi connectivity index (χ2v) is 22.7. The van der Waals surface area contributed by atoms with E-state index in [2.05, 4.69) is 10.6 Å². The first-order valence-corrected chi connectivity index (χ1v) is 26.5. The molecule has 6 rings (SSSR count). The van der Waals surface area contributed by atoms with E-state index in [1.54, 1.807) is 61.1 Å². The van der Waals surface area contributed by atoms with Crippen LogP contribution in [-0.2, 0) is 43.8 Å². The summed E-state index contributed by atoms with van der Waals surface area (Å²) < 4.78 is 101. The monoisotopic (exact) mass is 958 g/mol. The summed E-state index contributed by atoms with van der Waals surface area (Å²) >= 11 is 2.49. The number of hydrogen-bond donors (Lipinski definition) is 2. The molecule has 0 spiro atoms. The zero-order chi connectivity index (χ0) is 45.6. The molecule has 2 amide bonds. The van der Waals surface area contributed by atoms with Crippen LogP contribution in [0.4, 0.5) is 11.4 Å². The minimum atomic E-state index is -4.43. The number of carbonyl (C=O) groups excluding carboxylic acids is 2. The molecule has 2 aliphatic heterocycles. The van der Waals surface area contributed by atoms with Crippen LogP contribution in [0.25, 0.3) is 12.2 Å². The molecular formula is C43H50N4O11S5. The number of amides is 2. The quantitative estimate of drug-likeness (QED) is 0.0736. The van der Waals surface area contributed by atoms with Gasteiger partial charge in [-0.15, -0.1) is 23.5 Å². The molecule has 0 atom stereocenters. The van der Waals surface area contributed by atoms with Crippen molar-refractivity contribution in [3.63, 3.8) is 0 Å². The third-order valence-corrected chi connectivity index (χ3v) is 16.9. The van der Waals surface area contributed by atoms with Crippen LogP contribution in [-0.4, -0.2) is 117 Å². The SMILES string of the molecule is CSc1ccc(C(=O)Nc2ccc(C=Cc3ccccc3NC(=O)c3ccc(SC)c(S(=O)(=O)N4CCOCC4)c3)c(S(=O)(=O)OCC(C)(C)C)c2)cc1S(=O)(=O)N1CCOCC1. The van der Waals surface area contributed by atoms with Crippen molar-refractivity contribution in [2.45, 2.75) is 45.2 Å². The molecule has 2 fully saturated rings. The smallest absolute Gasteiger partial charge is 0.297 e. The predicted molar refractivity (Wildman–Crippen MR) is 246 cm³/mol. The zero-order valence-electron chi connectivity index (χ0n) is 35.5. The van der Waals surface area contributed by atoms with Crippen molar-refractivity contribution in [1.29, 1.82) is 0 Å². The minimum Gasteiger partial charge on any atom is -0.379 e. The maximum atomic E-state index is 13.8. The predicted octanol–water partition coefficient (Wildman–Crippen LogP) is 6.60. The van der Waals surface area contributed by atoms with Crippen molar-refractivity contribution in [3.8, 4) is 0 Å². The van der Waals surface area contributed by atoms with Gasteiger partial charge in [0.2, 0.25) is 20.0 Å². The highest BCUT2D eigenvalue weighted by Crippen LogP contribution is 2.33. The van der Waals surface area contributed by atoms with Crippen molar-refractivity contribution < 1.29 is 48.5 Å². The fourth-order valence-corrected chi connectivity index (χ4v) is 12.9. The van der Waals surface area contributed by atoms with Crippen LogP contribution in [0, 0.1) is 5.41 Å². The molecule has 2 N–H and O–H groups in total. The Morgan fingerprint density at radius 2 is 1.14 bits per heavy atom. The second kappa shape index (κ2) is 20.4. The Bertz CT molecular complexity index is 2710. The third kappa shape index (κ3) is 11.8. The van der Waals surface area contributed by atoms with Crippen LogP contribution in [0.2, 0.25) is 0 Å². The lowest BCUT2D eigenvalue weighted by Gasteiger charge is -2.27. The summed E-state index contributed by atoms with van der Waals surface area (Å²) in [5.74, 6) is -1.23. The van der Waals surface area contributed by atoms with E-state index in [1.807, 2.05) is 20.8 Å². The average Bonchev–Trinajstić information content (AvgIpc) is 3.28. The number of morpholine rings is 2. The lowest BCUT2D eigenvalue weighted by molar-refractivity contribution is 0.0729. The Kier molecular flexibility index (Phi) is 15.7. The number of rotatable bonds is 15. The summed E-state index contributed by atoms with van der Waals surface area (Å²) in [6, 6.07) is 20.0. The Labute approximate surface area is 378 Å². The summed E-state index contributed by atoms with van der Waals surface area (Å²) in [6.45, 7) is 7.15. The molecule has 2 saturated heterocycles. The number of nitrogens with one attached hydrogen (secondary N) is 2. The Morgan fingerprint density at radius 1 is 0.651 bits per heavy atom. The Hall–Kier alpha value is -4.09. The van der Waals surface area contributed by atoms with Crippen molar-refractivity contribution in [2.75, 3.05) is 82.4 Å². The second-order valence-electron chi connectivity index (χ2n) is 15.6. The van der Waals surface area contributed by atoms with E-state index >= 15 is 0 Å². The molecule has 2 heterocycles. The van der Waals surface area contributed by atoms with Gasteiger partial charge in [0.1, 0.15) is 4.90 Å². The molecule has 4 aromatic rings. The fourth-order valence-electron chi connectivity index (χ4n) is 6.51. The lowest BCUT2D eigenvalue weighted by atomic mass is 9.99. The number of thioether (sulfide) groups is 2. The maximum Gasteiger partial charge on any atom is 0.297 e. The van der Waals surface area contributed by atoms with Crippen LogP contribution in [0.1, 0.15) is 52.6 Å². The van der Waals surface area contributed by atoms with Crippen molar-refractivity contribution in [1.82, 2.24) is 8.61 Å². The van der Waals surface area contributed by atoms with Gasteiger partial charge in [-0.1, -0.05) is 57.2 Å². The van der Waals surface area contributed by atoms with E-state index in [-0.39, 0.29) is 96.3 Å². The number of hydrogen-bond acceptors (Lipinski definition) is 13. The van der Waals surface area contributed by atoms with Gasteiger partial charge in [-0.2, -0.15) is 17.0 Å². The van der Waals surface area contributed by atoms with Gasteiger partial charge >= 0.3 is 0 Å². The molecule has 15 nitrogen and oxygen atoms in total. The van der Waals surface area contributed by atoms with Gasteiger partial charge in [0.15, 0.2) is 0 Å². The van der Waals surface area contributed by atoms with Gasteiger partial charge in [0.05, 0.1) is 42.8 Å². The zero-order valence-corrected chi connectivity index (χ0v) is 39.5. The van der Waals surface area contributed by atoms with Crippen molar-refractivity contribution in [2.24, 2.45) is 5.41 Å². The van der Waals surface area contributed by atoms with Crippen LogP contribution in [0.5, 0.6) is 0 Å². The number of para-hydroxylation sites is 1. The topological polar surface area (TPSA) is 195 Å². The average molecular weight is 959 g/mol. The highest BCUT2D eigenvalue weighted by atomic mass is 32.2. The lowest BCUT2D eigenvalue weighted by Crippen LogP contribution is -2.40. The molecule has 0 radical (unpaired) electrons. The van der Waals surface area contributed by atoms with Gasteiger partial charge in [-0.3, -0.25) is 13.8 Å². The first kappa shape index (κ1) is 48.4. The molecule has 0 aliphatic carbocycles. The van der Waals surface area contributed by atoms with Gasteiger partial charge in [0.25, 0.3) is 21.9 Å². The van der Waals surface area contributed by atoms with Crippen LogP contribution in [0.15, 0.2) is 103 Å². The Morgan fingerprint density at radius 3 is 1.65 bits per heavy atom. The first-order valence-electron chi connectivity index (χ1n) is 19.8. The highest BCUT2D eigenvalue weighted by Gasteiger charge is 2.31. The molecule has 0 bridgehead atoms. The van der Waals surface area contributed by atoms with Crippen LogP contribution >= 0.6 is 23.5 Å². The number of sulfonamides is 2. The van der Waals surface area contributed by atoms with Gasteiger partial charge in [0, 0.05) is 58.5 Å². The van der Waals surface area contributed by atoms with Gasteiger partial charge in [-0.05, 0) is 83.7 Å². The summed E-state index contributed by atoms with van der Waals surface area (Å²) in [5, 5.41) is 5.57. The summed E-state index contributed by atoms with van der Waals surface area (Å²) in [4.78, 5) is 28.1. The van der Waals surface area contributed by atoms with E-state index in [4.69, 9.17) is 13.7 Å². The number of nitrogens with zero attached hydrogens (tertiary/aromatic N) is 2. The van der Waals surface area contributed by atoms with Crippen molar-refractivity contribution >= 4 is 89.0 Å². The molecule has 63 heavy (non-hydrogen) atoms. The molecular weight excluding hydrogens is 909 g/mol. The fraction of sp³-hybridized carbons (Fsp3) is 0.349. The molecule has 4 aromatic carbocycles. The standard InChI is InChI=1S/C43H50N4O11S5/c1-43(2,3)29-58-63(54,55)38-28-34(44-41(48)32-13-16-36(59-4)39(26-32)61(50,51)46-18-22-56-23-19-46)15-12-31(38)11-10-30-8-6-7-9-35(30)45-42(49)33-14-17-37(60-5)40(27-33)62(52,53)47-20-24-57-25-21-47/h6-17,26-28H,18-25,29H2,1-5H3,(H,44,48)(H,45,49). The molecule has 2 aliphatic rings. The van der Waals surface area contributed by atoms with Crippen LogP contribution < -0.4 is 10.6 Å². The molecule has 0 saturated carbocycles. The molecule has 338 valence electrons. The number of ether oxygens (including phenoxy) is 2. The highest BCUT2D eigenvalue weighted by molar-refractivity contribution is 7.99. The van der Waals surface area contributed by atoms with Crippen LogP contribution in [0.3, 0.4) is 0 Å². The molecule has 20 heteroatoms. The maximum absolute atomic E-state index is 13.8. The van der Waals surface area contributed by atoms with E-state index in [0.717, 1.165) is 0 Å². The molecule has 0 aromatic heterocycles. The number of anilines is 2. The molecule has 0 unspecified atom stereocenters. The summed E-state index contributed by atoms with van der Waals surface area (Å²) in [6.07, 6.45) is 6.65. The van der Waals surface area contributed by atoms with E-state index in [1.165, 1.54) is 74.6 Å². The summed E-state index contributed by atoms with van der Waals surface area (Å²) in [5.41, 5.74) is 0.831. The minimum absolute atomic E-state index is 0.0182. The van der Waals surface area contributed by atoms with E-state index in [0.29, 0.717) is 21.0 Å². The Balaban J connectivity index is 1.28. The summed E-state index contributed by atoms with van der Waals surface area (Å²) in [7, 11) is -12.3. The number of carbonyl (C=O) groups is 2. The number of benzene rings is 4. The normalized spacial score (nSPS) is 16.0. The largest absolute Gasteiger partial charge is 0.379 e. The van der Waals surface area contributed by atoms with Gasteiger partial charge < -0.3 is 20.1 Å². The van der Waals surface area contributed by atoms with Crippen molar-refractivity contribution in [3.05, 3.63) is 101 Å². The van der Waals surface area contributed by atoms with E-state index < -0.39 is 47.4 Å².